The first kappa shape index (κ1) is 12.9. The summed E-state index contributed by atoms with van der Waals surface area (Å²) in [6.45, 7) is 2.63. The molecule has 2 atom stereocenters. The van der Waals surface area contributed by atoms with Gasteiger partial charge in [-0.05, 0) is 25.7 Å². The van der Waals surface area contributed by atoms with Crippen molar-refractivity contribution in [1.29, 1.82) is 0 Å². The van der Waals surface area contributed by atoms with E-state index in [2.05, 4.69) is 0 Å². The molecule has 1 saturated carbocycles. The number of aliphatic hydroxyl groups is 1. The van der Waals surface area contributed by atoms with Crippen LogP contribution in [0.25, 0.3) is 0 Å². The van der Waals surface area contributed by atoms with E-state index in [-0.39, 0.29) is 12.2 Å². The second kappa shape index (κ2) is 8.05. The topological polar surface area (TPSA) is 47.9 Å². The first-order valence-corrected chi connectivity index (χ1v) is 5.71. The number of hydrogen-bond acceptors (Lipinski definition) is 4. The Labute approximate surface area is 91.5 Å². The molecule has 1 rings (SSSR count). The molecule has 0 aromatic rings. The molecule has 1 N–H and O–H groups in total. The van der Waals surface area contributed by atoms with Gasteiger partial charge in [0.05, 0.1) is 25.4 Å². The summed E-state index contributed by atoms with van der Waals surface area (Å²) in [5.74, 6) is 0. The molecule has 1 aliphatic rings. The maximum Gasteiger partial charge on any atom is 0.0835 e. The van der Waals surface area contributed by atoms with Crippen LogP contribution in [0, 0.1) is 0 Å². The van der Waals surface area contributed by atoms with Crippen LogP contribution in [0.4, 0.5) is 0 Å². The summed E-state index contributed by atoms with van der Waals surface area (Å²) in [7, 11) is 1.69. The van der Waals surface area contributed by atoms with Gasteiger partial charge in [0.2, 0.25) is 0 Å². The fraction of sp³-hybridized carbons (Fsp3) is 1.00. The van der Waals surface area contributed by atoms with Crippen molar-refractivity contribution in [3.05, 3.63) is 0 Å². The maximum atomic E-state index is 9.48. The molecular formula is C11H22O4. The molecular weight excluding hydrogens is 196 g/mol. The van der Waals surface area contributed by atoms with Gasteiger partial charge < -0.3 is 19.3 Å². The molecule has 1 aliphatic carbocycles. The standard InChI is InChI=1S/C11H22O4/c1-13-6-3-7-14-8-9-15-11-5-2-4-10(11)12/h10-12H,2-9H2,1H3. The van der Waals surface area contributed by atoms with Crippen LogP contribution < -0.4 is 0 Å². The van der Waals surface area contributed by atoms with Crippen LogP contribution >= 0.6 is 0 Å². The van der Waals surface area contributed by atoms with Gasteiger partial charge in [0, 0.05) is 20.3 Å². The maximum absolute atomic E-state index is 9.48. The Hall–Kier alpha value is -0.160. The van der Waals surface area contributed by atoms with Crippen molar-refractivity contribution >= 4 is 0 Å². The minimum atomic E-state index is -0.265. The van der Waals surface area contributed by atoms with E-state index in [0.29, 0.717) is 19.8 Å². The van der Waals surface area contributed by atoms with E-state index < -0.39 is 0 Å². The molecule has 0 spiro atoms. The lowest BCUT2D eigenvalue weighted by atomic mass is 10.3. The summed E-state index contributed by atoms with van der Waals surface area (Å²) in [6, 6.07) is 0. The summed E-state index contributed by atoms with van der Waals surface area (Å²) < 4.78 is 15.8. The van der Waals surface area contributed by atoms with Crippen LogP contribution in [0.2, 0.25) is 0 Å². The van der Waals surface area contributed by atoms with E-state index in [9.17, 15) is 5.11 Å². The molecule has 0 heterocycles. The summed E-state index contributed by atoms with van der Waals surface area (Å²) >= 11 is 0. The highest BCUT2D eigenvalue weighted by Gasteiger charge is 2.25. The van der Waals surface area contributed by atoms with E-state index in [1.54, 1.807) is 7.11 Å². The fourth-order valence-corrected chi connectivity index (χ4v) is 1.77. The average molecular weight is 218 g/mol. The average Bonchev–Trinajstić information content (AvgIpc) is 2.63. The molecule has 0 amide bonds. The molecule has 90 valence electrons. The van der Waals surface area contributed by atoms with Gasteiger partial charge in [-0.1, -0.05) is 0 Å². The van der Waals surface area contributed by atoms with E-state index in [1.165, 1.54) is 0 Å². The largest absolute Gasteiger partial charge is 0.390 e. The Morgan fingerprint density at radius 1 is 1.13 bits per heavy atom. The molecule has 4 nitrogen and oxygen atoms in total. The van der Waals surface area contributed by atoms with Crippen LogP contribution in [0.3, 0.4) is 0 Å². The van der Waals surface area contributed by atoms with Crippen molar-refractivity contribution in [3.63, 3.8) is 0 Å². The van der Waals surface area contributed by atoms with E-state index in [4.69, 9.17) is 14.2 Å². The van der Waals surface area contributed by atoms with Gasteiger partial charge in [0.1, 0.15) is 0 Å². The second-order valence-electron chi connectivity index (χ2n) is 3.87. The van der Waals surface area contributed by atoms with Crippen molar-refractivity contribution in [2.24, 2.45) is 0 Å². The zero-order valence-corrected chi connectivity index (χ0v) is 9.48. The van der Waals surface area contributed by atoms with Crippen molar-refractivity contribution < 1.29 is 19.3 Å². The van der Waals surface area contributed by atoms with Crippen LogP contribution in [0.15, 0.2) is 0 Å². The summed E-state index contributed by atoms with van der Waals surface area (Å²) in [5.41, 5.74) is 0. The predicted molar refractivity (Wildman–Crippen MR) is 56.9 cm³/mol. The lowest BCUT2D eigenvalue weighted by molar-refractivity contribution is -0.0421. The quantitative estimate of drug-likeness (QED) is 0.617. The van der Waals surface area contributed by atoms with Crippen LogP contribution in [-0.2, 0) is 14.2 Å². The highest BCUT2D eigenvalue weighted by molar-refractivity contribution is 4.76. The van der Waals surface area contributed by atoms with E-state index >= 15 is 0 Å². The molecule has 0 radical (unpaired) electrons. The second-order valence-corrected chi connectivity index (χ2v) is 3.87. The first-order chi connectivity index (χ1) is 7.34. The van der Waals surface area contributed by atoms with E-state index in [1.807, 2.05) is 0 Å². The Morgan fingerprint density at radius 2 is 2.00 bits per heavy atom. The predicted octanol–water partition coefficient (Wildman–Crippen LogP) is 0.969. The van der Waals surface area contributed by atoms with Crippen molar-refractivity contribution in [2.45, 2.75) is 37.9 Å². The summed E-state index contributed by atoms with van der Waals surface area (Å²) in [5, 5.41) is 9.48. The Morgan fingerprint density at radius 3 is 2.67 bits per heavy atom. The van der Waals surface area contributed by atoms with Crippen LogP contribution in [0.5, 0.6) is 0 Å². The van der Waals surface area contributed by atoms with E-state index in [0.717, 1.165) is 32.3 Å². The smallest absolute Gasteiger partial charge is 0.0835 e. The van der Waals surface area contributed by atoms with Gasteiger partial charge in [0.15, 0.2) is 0 Å². The number of aliphatic hydroxyl groups excluding tert-OH is 1. The SMILES string of the molecule is COCCCOCCOC1CCCC1O. The van der Waals surface area contributed by atoms with Crippen molar-refractivity contribution in [3.8, 4) is 0 Å². The molecule has 1 fully saturated rings. The monoisotopic (exact) mass is 218 g/mol. The zero-order valence-electron chi connectivity index (χ0n) is 9.48. The van der Waals surface area contributed by atoms with Gasteiger partial charge in [-0.25, -0.2) is 0 Å². The minimum Gasteiger partial charge on any atom is -0.390 e. The highest BCUT2D eigenvalue weighted by Crippen LogP contribution is 2.21. The van der Waals surface area contributed by atoms with Crippen LogP contribution in [-0.4, -0.2) is 50.9 Å². The fourth-order valence-electron chi connectivity index (χ4n) is 1.77. The summed E-state index contributed by atoms with van der Waals surface area (Å²) in [6.07, 6.45) is 3.61. The third-order valence-electron chi connectivity index (χ3n) is 2.61. The number of rotatable bonds is 8. The van der Waals surface area contributed by atoms with Crippen molar-refractivity contribution in [2.75, 3.05) is 33.5 Å². The van der Waals surface area contributed by atoms with Gasteiger partial charge in [-0.15, -0.1) is 0 Å². The zero-order chi connectivity index (χ0) is 10.9. The number of methoxy groups -OCH3 is 1. The molecule has 0 saturated heterocycles. The summed E-state index contributed by atoms with van der Waals surface area (Å²) in [4.78, 5) is 0. The number of hydrogen-bond donors (Lipinski definition) is 1. The minimum absolute atomic E-state index is 0.0348. The molecule has 2 unspecified atom stereocenters. The lowest BCUT2D eigenvalue weighted by Crippen LogP contribution is -2.24. The number of ether oxygens (including phenoxy) is 3. The molecule has 0 bridgehead atoms. The lowest BCUT2D eigenvalue weighted by Gasteiger charge is -2.15. The van der Waals surface area contributed by atoms with Gasteiger partial charge in [0.25, 0.3) is 0 Å². The Balaban J connectivity index is 1.84. The third kappa shape index (κ3) is 5.47. The van der Waals surface area contributed by atoms with Gasteiger partial charge in [-0.2, -0.15) is 0 Å². The van der Waals surface area contributed by atoms with Gasteiger partial charge in [-0.3, -0.25) is 0 Å². The van der Waals surface area contributed by atoms with Crippen LogP contribution in [0.1, 0.15) is 25.7 Å². The highest BCUT2D eigenvalue weighted by atomic mass is 16.5. The Bertz CT molecular complexity index is 152. The third-order valence-corrected chi connectivity index (χ3v) is 2.61. The van der Waals surface area contributed by atoms with Crippen molar-refractivity contribution in [1.82, 2.24) is 0 Å². The van der Waals surface area contributed by atoms with Gasteiger partial charge >= 0.3 is 0 Å². The molecule has 15 heavy (non-hydrogen) atoms. The Kier molecular flexibility index (Phi) is 6.92. The molecule has 0 aromatic heterocycles. The molecule has 0 aliphatic heterocycles. The first-order valence-electron chi connectivity index (χ1n) is 5.71. The molecule has 0 aromatic carbocycles. The molecule has 4 heteroatoms. The normalized spacial score (nSPS) is 26.0.